The molecule has 0 fully saturated rings. The number of carbonyl (C=O) groups excluding carboxylic acids is 1. The molecule has 1 rings (SSSR count). The van der Waals surface area contributed by atoms with E-state index in [2.05, 4.69) is 17.1 Å². The van der Waals surface area contributed by atoms with Gasteiger partial charge in [-0.25, -0.2) is 0 Å². The Labute approximate surface area is 109 Å². The fourth-order valence-corrected chi connectivity index (χ4v) is 1.82. The number of carbonyl (C=O) groups is 1. The Bertz CT molecular complexity index is 390. The molecule has 0 aliphatic rings. The van der Waals surface area contributed by atoms with Crippen molar-refractivity contribution in [2.45, 2.75) is 33.2 Å². The Morgan fingerprint density at radius 1 is 1.44 bits per heavy atom. The van der Waals surface area contributed by atoms with Gasteiger partial charge in [-0.05, 0) is 39.0 Å². The quantitative estimate of drug-likeness (QED) is 0.758. The summed E-state index contributed by atoms with van der Waals surface area (Å²) in [5.74, 6) is 0.0901. The van der Waals surface area contributed by atoms with Crippen LogP contribution in [0.4, 0.5) is 11.4 Å². The van der Waals surface area contributed by atoms with Crippen molar-refractivity contribution in [2.75, 3.05) is 23.7 Å². The maximum Gasteiger partial charge on any atom is 0.221 e. The molecule has 0 saturated carbocycles. The largest absolute Gasteiger partial charge is 0.399 e. The average Bonchev–Trinajstić information content (AvgIpc) is 2.29. The zero-order valence-corrected chi connectivity index (χ0v) is 11.4. The second kappa shape index (κ2) is 6.89. The smallest absolute Gasteiger partial charge is 0.221 e. The lowest BCUT2D eigenvalue weighted by Gasteiger charge is -2.23. The van der Waals surface area contributed by atoms with Crippen LogP contribution in [-0.2, 0) is 4.79 Å². The fraction of sp³-hybridized carbons (Fsp3) is 0.500. The topological polar surface area (TPSA) is 58.4 Å². The average molecular weight is 249 g/mol. The molecule has 0 saturated heterocycles. The number of nitrogens with one attached hydrogen (secondary N) is 1. The van der Waals surface area contributed by atoms with E-state index in [9.17, 15) is 4.79 Å². The van der Waals surface area contributed by atoms with Gasteiger partial charge < -0.3 is 16.0 Å². The minimum atomic E-state index is 0.0901. The van der Waals surface area contributed by atoms with Crippen LogP contribution >= 0.6 is 0 Å². The van der Waals surface area contributed by atoms with E-state index in [1.54, 1.807) is 0 Å². The van der Waals surface area contributed by atoms with Crippen molar-refractivity contribution in [2.24, 2.45) is 0 Å². The molecule has 0 aliphatic carbocycles. The van der Waals surface area contributed by atoms with Gasteiger partial charge in [-0.3, -0.25) is 4.79 Å². The molecule has 0 unspecified atom stereocenters. The van der Waals surface area contributed by atoms with Crippen molar-refractivity contribution in [3.8, 4) is 0 Å². The molecule has 0 aromatic heterocycles. The molecular weight excluding hydrogens is 226 g/mol. The fourth-order valence-electron chi connectivity index (χ4n) is 1.82. The number of hydrogen-bond donors (Lipinski definition) is 2. The van der Waals surface area contributed by atoms with E-state index in [1.807, 2.05) is 38.1 Å². The number of hydrogen-bond acceptors (Lipinski definition) is 3. The van der Waals surface area contributed by atoms with Crippen molar-refractivity contribution in [3.63, 3.8) is 0 Å². The van der Waals surface area contributed by atoms with Crippen LogP contribution in [0.15, 0.2) is 24.3 Å². The van der Waals surface area contributed by atoms with Crippen LogP contribution in [0.1, 0.15) is 27.2 Å². The Balaban J connectivity index is 2.55. The summed E-state index contributed by atoms with van der Waals surface area (Å²) in [5, 5.41) is 2.89. The number of anilines is 2. The summed E-state index contributed by atoms with van der Waals surface area (Å²) in [6, 6.07) is 7.94. The number of nitrogens with zero attached hydrogens (tertiary/aromatic N) is 1. The molecule has 1 aromatic rings. The summed E-state index contributed by atoms with van der Waals surface area (Å²) < 4.78 is 0. The van der Waals surface area contributed by atoms with Crippen molar-refractivity contribution < 1.29 is 4.79 Å². The van der Waals surface area contributed by atoms with Gasteiger partial charge in [0.05, 0.1) is 0 Å². The zero-order valence-electron chi connectivity index (χ0n) is 11.4. The molecule has 1 amide bonds. The SMILES string of the molecule is CCN(CCC(=O)NC(C)C)c1cccc(N)c1. The molecule has 0 atom stereocenters. The first kappa shape index (κ1) is 14.4. The van der Waals surface area contributed by atoms with Gasteiger partial charge in [-0.2, -0.15) is 0 Å². The van der Waals surface area contributed by atoms with Crippen LogP contribution in [0.2, 0.25) is 0 Å². The van der Waals surface area contributed by atoms with Crippen LogP contribution in [0.3, 0.4) is 0 Å². The van der Waals surface area contributed by atoms with E-state index in [-0.39, 0.29) is 11.9 Å². The van der Waals surface area contributed by atoms with E-state index in [0.717, 1.165) is 17.9 Å². The predicted molar refractivity (Wildman–Crippen MR) is 76.6 cm³/mol. The van der Waals surface area contributed by atoms with Gasteiger partial charge >= 0.3 is 0 Å². The minimum absolute atomic E-state index is 0.0901. The molecule has 0 bridgehead atoms. The summed E-state index contributed by atoms with van der Waals surface area (Å²) in [7, 11) is 0. The molecule has 0 radical (unpaired) electrons. The van der Waals surface area contributed by atoms with E-state index in [1.165, 1.54) is 0 Å². The second-order valence-corrected chi connectivity index (χ2v) is 4.65. The molecule has 18 heavy (non-hydrogen) atoms. The number of rotatable bonds is 6. The Hall–Kier alpha value is -1.71. The highest BCUT2D eigenvalue weighted by atomic mass is 16.1. The number of benzene rings is 1. The molecule has 0 spiro atoms. The van der Waals surface area contributed by atoms with Crippen LogP contribution in [0.5, 0.6) is 0 Å². The van der Waals surface area contributed by atoms with Crippen molar-refractivity contribution in [3.05, 3.63) is 24.3 Å². The molecule has 0 heterocycles. The number of amides is 1. The van der Waals surface area contributed by atoms with Crippen LogP contribution in [0.25, 0.3) is 0 Å². The van der Waals surface area contributed by atoms with Gasteiger partial charge in [0.2, 0.25) is 5.91 Å². The third kappa shape index (κ3) is 4.65. The monoisotopic (exact) mass is 249 g/mol. The highest BCUT2D eigenvalue weighted by molar-refractivity contribution is 5.76. The van der Waals surface area contributed by atoms with E-state index in [0.29, 0.717) is 13.0 Å². The molecule has 4 nitrogen and oxygen atoms in total. The summed E-state index contributed by atoms with van der Waals surface area (Å²) in [6.07, 6.45) is 0.501. The van der Waals surface area contributed by atoms with Gasteiger partial charge in [0.15, 0.2) is 0 Å². The number of nitrogens with two attached hydrogens (primary N) is 1. The first-order chi connectivity index (χ1) is 8.52. The van der Waals surface area contributed by atoms with Crippen molar-refractivity contribution in [1.82, 2.24) is 5.32 Å². The van der Waals surface area contributed by atoms with Crippen LogP contribution in [-0.4, -0.2) is 25.0 Å². The van der Waals surface area contributed by atoms with Gasteiger partial charge in [0, 0.05) is 36.9 Å². The molecule has 3 N–H and O–H groups in total. The Kier molecular flexibility index (Phi) is 5.49. The van der Waals surface area contributed by atoms with Crippen molar-refractivity contribution >= 4 is 17.3 Å². The second-order valence-electron chi connectivity index (χ2n) is 4.65. The summed E-state index contributed by atoms with van der Waals surface area (Å²) in [4.78, 5) is 13.8. The lowest BCUT2D eigenvalue weighted by molar-refractivity contribution is -0.121. The predicted octanol–water partition coefficient (Wildman–Crippen LogP) is 2.01. The van der Waals surface area contributed by atoms with Crippen molar-refractivity contribution in [1.29, 1.82) is 0 Å². The van der Waals surface area contributed by atoms with Gasteiger partial charge in [-0.15, -0.1) is 0 Å². The van der Waals surface area contributed by atoms with E-state index in [4.69, 9.17) is 5.73 Å². The molecule has 1 aromatic carbocycles. The standard InChI is InChI=1S/C14H23N3O/c1-4-17(9-8-14(18)16-11(2)3)13-7-5-6-12(15)10-13/h5-7,10-11H,4,8-9,15H2,1-3H3,(H,16,18). The molecule has 0 aliphatic heterocycles. The van der Waals surface area contributed by atoms with Gasteiger partial charge in [0.1, 0.15) is 0 Å². The Morgan fingerprint density at radius 2 is 2.17 bits per heavy atom. The first-order valence-electron chi connectivity index (χ1n) is 6.42. The van der Waals surface area contributed by atoms with Gasteiger partial charge in [0.25, 0.3) is 0 Å². The third-order valence-electron chi connectivity index (χ3n) is 2.68. The highest BCUT2D eigenvalue weighted by Gasteiger charge is 2.08. The van der Waals surface area contributed by atoms with E-state index < -0.39 is 0 Å². The lowest BCUT2D eigenvalue weighted by Crippen LogP contribution is -2.34. The molecule has 4 heteroatoms. The number of nitrogen functional groups attached to an aromatic ring is 1. The zero-order chi connectivity index (χ0) is 13.5. The lowest BCUT2D eigenvalue weighted by atomic mass is 10.2. The highest BCUT2D eigenvalue weighted by Crippen LogP contribution is 2.17. The minimum Gasteiger partial charge on any atom is -0.399 e. The molecular formula is C14H23N3O. The van der Waals surface area contributed by atoms with E-state index >= 15 is 0 Å². The third-order valence-corrected chi connectivity index (χ3v) is 2.68. The normalized spacial score (nSPS) is 10.4. The maximum atomic E-state index is 11.6. The Morgan fingerprint density at radius 3 is 2.72 bits per heavy atom. The van der Waals surface area contributed by atoms with Crippen LogP contribution < -0.4 is 16.0 Å². The van der Waals surface area contributed by atoms with Gasteiger partial charge in [-0.1, -0.05) is 6.07 Å². The maximum absolute atomic E-state index is 11.6. The summed E-state index contributed by atoms with van der Waals surface area (Å²) >= 11 is 0. The molecule has 100 valence electrons. The first-order valence-corrected chi connectivity index (χ1v) is 6.42. The summed E-state index contributed by atoms with van der Waals surface area (Å²) in [6.45, 7) is 7.57. The van der Waals surface area contributed by atoms with Crippen LogP contribution in [0, 0.1) is 0 Å². The summed E-state index contributed by atoms with van der Waals surface area (Å²) in [5.41, 5.74) is 7.58.